The highest BCUT2D eigenvalue weighted by molar-refractivity contribution is 5.98. The van der Waals surface area contributed by atoms with Gasteiger partial charge in [0, 0.05) is 6.07 Å². The van der Waals surface area contributed by atoms with Gasteiger partial charge >= 0.3 is 5.97 Å². The summed E-state index contributed by atoms with van der Waals surface area (Å²) in [6.07, 6.45) is 0. The maximum absolute atomic E-state index is 12.1. The zero-order valence-corrected chi connectivity index (χ0v) is 14.5. The molecule has 0 aliphatic rings. The van der Waals surface area contributed by atoms with Crippen LogP contribution in [0.5, 0.6) is 5.75 Å². The van der Waals surface area contributed by atoms with Gasteiger partial charge in [-0.25, -0.2) is 4.79 Å². The van der Waals surface area contributed by atoms with Crippen molar-refractivity contribution in [3.63, 3.8) is 0 Å². The van der Waals surface area contributed by atoms with Crippen molar-refractivity contribution in [2.24, 2.45) is 0 Å². The van der Waals surface area contributed by atoms with E-state index in [9.17, 15) is 24.8 Å². The van der Waals surface area contributed by atoms with E-state index in [0.717, 1.165) is 11.1 Å². The predicted molar refractivity (Wildman–Crippen MR) is 94.3 cm³/mol. The van der Waals surface area contributed by atoms with Crippen LogP contribution < -0.4 is 5.32 Å². The molecule has 0 aliphatic heterocycles. The molecular formula is C18H18N2O6. The number of hydrogen-bond acceptors (Lipinski definition) is 6. The number of nitrogens with one attached hydrogen (secondary N) is 1. The van der Waals surface area contributed by atoms with Gasteiger partial charge in [0.15, 0.2) is 6.61 Å². The Balaban J connectivity index is 2.10. The molecule has 0 saturated heterocycles. The van der Waals surface area contributed by atoms with Gasteiger partial charge in [-0.15, -0.1) is 0 Å². The quantitative estimate of drug-likeness (QED) is 0.482. The van der Waals surface area contributed by atoms with Gasteiger partial charge in [-0.3, -0.25) is 14.9 Å². The molecule has 0 aromatic heterocycles. The number of rotatable bonds is 5. The Bertz CT molecular complexity index is 891. The number of aryl methyl sites for hydroxylation is 2. The number of phenols is 1. The summed E-state index contributed by atoms with van der Waals surface area (Å²) < 4.78 is 4.89. The third kappa shape index (κ3) is 4.15. The van der Waals surface area contributed by atoms with Crippen molar-refractivity contribution >= 4 is 23.3 Å². The van der Waals surface area contributed by atoms with Crippen molar-refractivity contribution < 1.29 is 24.4 Å². The van der Waals surface area contributed by atoms with Gasteiger partial charge < -0.3 is 15.2 Å². The van der Waals surface area contributed by atoms with Crippen LogP contribution in [0, 0.1) is 30.9 Å². The Kier molecular flexibility index (Phi) is 5.56. The van der Waals surface area contributed by atoms with Crippen LogP contribution in [0.1, 0.15) is 27.0 Å². The summed E-state index contributed by atoms with van der Waals surface area (Å²) >= 11 is 0. The highest BCUT2D eigenvalue weighted by atomic mass is 16.6. The lowest BCUT2D eigenvalue weighted by Crippen LogP contribution is -2.22. The Morgan fingerprint density at radius 2 is 1.88 bits per heavy atom. The molecule has 8 nitrogen and oxygen atoms in total. The number of phenolic OH excluding ortho intramolecular Hbond substituents is 1. The van der Waals surface area contributed by atoms with Crippen molar-refractivity contribution in [3.8, 4) is 5.75 Å². The Hall–Kier alpha value is -3.42. The van der Waals surface area contributed by atoms with E-state index in [2.05, 4.69) is 5.32 Å². The largest absolute Gasteiger partial charge is 0.507 e. The molecule has 0 bridgehead atoms. The fraction of sp³-hybridized carbons (Fsp3) is 0.222. The summed E-state index contributed by atoms with van der Waals surface area (Å²) in [6.45, 7) is 4.50. The van der Waals surface area contributed by atoms with Crippen LogP contribution in [0.25, 0.3) is 0 Å². The molecule has 0 spiro atoms. The number of nitro benzene ring substituents is 1. The Labute approximate surface area is 149 Å². The van der Waals surface area contributed by atoms with Crippen molar-refractivity contribution in [3.05, 3.63) is 62.7 Å². The summed E-state index contributed by atoms with van der Waals surface area (Å²) in [5.74, 6) is -1.84. The maximum atomic E-state index is 12.1. The molecule has 2 N–H and O–H groups in total. The van der Waals surface area contributed by atoms with E-state index in [0.29, 0.717) is 5.56 Å². The molecule has 2 aromatic rings. The second-order valence-electron chi connectivity index (χ2n) is 5.80. The molecular weight excluding hydrogens is 340 g/mol. The normalized spacial score (nSPS) is 10.3. The van der Waals surface area contributed by atoms with Crippen molar-refractivity contribution in [1.29, 1.82) is 0 Å². The van der Waals surface area contributed by atoms with E-state index in [4.69, 9.17) is 4.74 Å². The fourth-order valence-corrected chi connectivity index (χ4v) is 2.31. The molecule has 0 heterocycles. The van der Waals surface area contributed by atoms with Crippen LogP contribution in [0.15, 0.2) is 30.3 Å². The monoisotopic (exact) mass is 358 g/mol. The molecule has 0 aliphatic carbocycles. The van der Waals surface area contributed by atoms with E-state index in [1.807, 2.05) is 0 Å². The van der Waals surface area contributed by atoms with Crippen LogP contribution in [0.3, 0.4) is 0 Å². The summed E-state index contributed by atoms with van der Waals surface area (Å²) in [5, 5.41) is 23.2. The molecule has 2 aromatic carbocycles. The third-order valence-corrected chi connectivity index (χ3v) is 3.88. The lowest BCUT2D eigenvalue weighted by atomic mass is 10.1. The SMILES string of the molecule is Cc1ccc(O)c(C(=O)OCC(=O)Nc2c([N+](=O)[O-])ccc(C)c2C)c1. The van der Waals surface area contributed by atoms with Gasteiger partial charge in [-0.1, -0.05) is 17.7 Å². The zero-order chi connectivity index (χ0) is 19.4. The van der Waals surface area contributed by atoms with E-state index in [1.54, 1.807) is 32.9 Å². The number of ether oxygens (including phenoxy) is 1. The number of nitrogens with zero attached hydrogens (tertiary/aromatic N) is 1. The highest BCUT2D eigenvalue weighted by Crippen LogP contribution is 2.30. The molecule has 1 amide bonds. The predicted octanol–water partition coefficient (Wildman–Crippen LogP) is 3.02. The number of nitro groups is 1. The molecule has 8 heteroatoms. The van der Waals surface area contributed by atoms with Crippen molar-refractivity contribution in [2.45, 2.75) is 20.8 Å². The number of aromatic hydroxyl groups is 1. The number of carbonyl (C=O) groups is 2. The van der Waals surface area contributed by atoms with Crippen molar-refractivity contribution in [2.75, 3.05) is 11.9 Å². The molecule has 136 valence electrons. The number of benzene rings is 2. The lowest BCUT2D eigenvalue weighted by molar-refractivity contribution is -0.384. The second kappa shape index (κ2) is 7.64. The molecule has 2 rings (SSSR count). The lowest BCUT2D eigenvalue weighted by Gasteiger charge is -2.11. The van der Waals surface area contributed by atoms with E-state index in [-0.39, 0.29) is 22.7 Å². The maximum Gasteiger partial charge on any atom is 0.342 e. The number of esters is 1. The first kappa shape index (κ1) is 18.9. The number of amides is 1. The number of hydrogen-bond donors (Lipinski definition) is 2. The average molecular weight is 358 g/mol. The van der Waals surface area contributed by atoms with Gasteiger partial charge in [0.05, 0.1) is 4.92 Å². The third-order valence-electron chi connectivity index (χ3n) is 3.88. The van der Waals surface area contributed by atoms with Gasteiger partial charge in [-0.05, 0) is 44.0 Å². The summed E-state index contributed by atoms with van der Waals surface area (Å²) in [5.41, 5.74) is 1.82. The van der Waals surface area contributed by atoms with Crippen molar-refractivity contribution in [1.82, 2.24) is 0 Å². The van der Waals surface area contributed by atoms with E-state index < -0.39 is 23.4 Å². The minimum Gasteiger partial charge on any atom is -0.507 e. The first-order valence-electron chi connectivity index (χ1n) is 7.72. The van der Waals surface area contributed by atoms with Gasteiger partial charge in [0.1, 0.15) is 17.0 Å². The summed E-state index contributed by atoms with van der Waals surface area (Å²) in [7, 11) is 0. The Morgan fingerprint density at radius 1 is 1.19 bits per heavy atom. The molecule has 26 heavy (non-hydrogen) atoms. The zero-order valence-electron chi connectivity index (χ0n) is 14.5. The van der Waals surface area contributed by atoms with Gasteiger partial charge in [0.2, 0.25) is 0 Å². The Morgan fingerprint density at radius 3 is 2.54 bits per heavy atom. The summed E-state index contributed by atoms with van der Waals surface area (Å²) in [4.78, 5) is 34.6. The molecule has 0 radical (unpaired) electrons. The average Bonchev–Trinajstić information content (AvgIpc) is 2.58. The van der Waals surface area contributed by atoms with Crippen LogP contribution >= 0.6 is 0 Å². The standard InChI is InChI=1S/C18H18N2O6/c1-10-4-7-15(21)13(8-10)18(23)26-9-16(22)19-17-12(3)11(2)5-6-14(17)20(24)25/h4-8,21H,9H2,1-3H3,(H,19,22). The number of carbonyl (C=O) groups excluding carboxylic acids is 2. The first-order valence-corrected chi connectivity index (χ1v) is 7.72. The second-order valence-corrected chi connectivity index (χ2v) is 5.80. The van der Waals surface area contributed by atoms with Crippen LogP contribution in [-0.4, -0.2) is 28.5 Å². The number of anilines is 1. The molecule has 0 atom stereocenters. The van der Waals surface area contributed by atoms with Crippen LogP contribution in [0.2, 0.25) is 0 Å². The molecule has 0 saturated carbocycles. The smallest absolute Gasteiger partial charge is 0.342 e. The molecule has 0 unspecified atom stereocenters. The van der Waals surface area contributed by atoms with E-state index >= 15 is 0 Å². The topological polar surface area (TPSA) is 119 Å². The minimum atomic E-state index is -0.864. The van der Waals surface area contributed by atoms with Gasteiger partial charge in [0.25, 0.3) is 11.6 Å². The van der Waals surface area contributed by atoms with Crippen LogP contribution in [0.4, 0.5) is 11.4 Å². The van der Waals surface area contributed by atoms with E-state index in [1.165, 1.54) is 18.2 Å². The summed E-state index contributed by atoms with van der Waals surface area (Å²) in [6, 6.07) is 7.30. The van der Waals surface area contributed by atoms with Gasteiger partial charge in [-0.2, -0.15) is 0 Å². The van der Waals surface area contributed by atoms with Crippen LogP contribution in [-0.2, 0) is 9.53 Å². The minimum absolute atomic E-state index is 0.0597. The fourth-order valence-electron chi connectivity index (χ4n) is 2.31. The molecule has 0 fully saturated rings. The highest BCUT2D eigenvalue weighted by Gasteiger charge is 2.20. The first-order chi connectivity index (χ1) is 12.2.